The maximum absolute atomic E-state index is 13.0. The van der Waals surface area contributed by atoms with Crippen molar-refractivity contribution in [3.8, 4) is 17.3 Å². The first-order chi connectivity index (χ1) is 17.3. The van der Waals surface area contributed by atoms with Crippen LogP contribution in [0.15, 0.2) is 44.0 Å². The number of amides is 2. The van der Waals surface area contributed by atoms with Crippen LogP contribution in [0, 0.1) is 6.92 Å². The van der Waals surface area contributed by atoms with Crippen molar-refractivity contribution in [2.45, 2.75) is 39.7 Å². The molecule has 3 aromatic rings. The molecule has 2 amide bonds. The van der Waals surface area contributed by atoms with E-state index in [-0.39, 0.29) is 17.1 Å². The minimum absolute atomic E-state index is 0.0644. The fourth-order valence-electron chi connectivity index (χ4n) is 4.18. The minimum atomic E-state index is -1.10. The molecule has 1 fully saturated rings. The first-order valence-electron chi connectivity index (χ1n) is 11.8. The summed E-state index contributed by atoms with van der Waals surface area (Å²) in [6, 6.07) is 8.01. The van der Waals surface area contributed by atoms with Gasteiger partial charge in [0, 0.05) is 31.0 Å². The number of benzene rings is 1. The molecule has 1 unspecified atom stereocenters. The number of fused-ring (bicyclic) bond motifs is 1. The van der Waals surface area contributed by atoms with Crippen molar-refractivity contribution in [1.29, 1.82) is 0 Å². The molecule has 1 atom stereocenters. The van der Waals surface area contributed by atoms with Crippen molar-refractivity contribution in [2.24, 2.45) is 0 Å². The van der Waals surface area contributed by atoms with Gasteiger partial charge in [0.15, 0.2) is 11.5 Å². The first-order valence-corrected chi connectivity index (χ1v) is 11.8. The van der Waals surface area contributed by atoms with E-state index in [1.165, 1.54) is 18.7 Å². The summed E-state index contributed by atoms with van der Waals surface area (Å²) in [6.45, 7) is 6.10. The Kier molecular flexibility index (Phi) is 7.54. The second-order valence-corrected chi connectivity index (χ2v) is 8.52. The van der Waals surface area contributed by atoms with Crippen molar-refractivity contribution < 1.29 is 32.7 Å². The SMILES string of the molecule is CCc1c(-c2cc3ccccc3o2)oc(=O)c(C)c1OC(=O)CC(NC(C)=O)C(=O)N1CCOCC1. The molecular formula is C26H28N2O8. The highest BCUT2D eigenvalue weighted by molar-refractivity contribution is 5.91. The van der Waals surface area contributed by atoms with Crippen molar-refractivity contribution in [2.75, 3.05) is 26.3 Å². The van der Waals surface area contributed by atoms with Crippen LogP contribution in [-0.2, 0) is 25.5 Å². The molecule has 0 spiro atoms. The summed E-state index contributed by atoms with van der Waals surface area (Å²) in [5.74, 6) is -1.04. The molecule has 10 nitrogen and oxygen atoms in total. The number of morpholine rings is 1. The number of ether oxygens (including phenoxy) is 2. The van der Waals surface area contributed by atoms with E-state index in [9.17, 15) is 19.2 Å². The van der Waals surface area contributed by atoms with E-state index in [0.29, 0.717) is 49.6 Å². The summed E-state index contributed by atoms with van der Waals surface area (Å²) in [4.78, 5) is 51.9. The molecule has 1 saturated heterocycles. The lowest BCUT2D eigenvalue weighted by Crippen LogP contribution is -2.52. The summed E-state index contributed by atoms with van der Waals surface area (Å²) in [7, 11) is 0. The van der Waals surface area contributed by atoms with E-state index >= 15 is 0 Å². The van der Waals surface area contributed by atoms with E-state index in [4.69, 9.17) is 18.3 Å². The maximum atomic E-state index is 13.0. The lowest BCUT2D eigenvalue weighted by molar-refractivity contribution is -0.144. The number of carbonyl (C=O) groups excluding carboxylic acids is 3. The van der Waals surface area contributed by atoms with Gasteiger partial charge in [-0.1, -0.05) is 25.1 Å². The maximum Gasteiger partial charge on any atom is 0.343 e. The molecule has 1 aliphatic rings. The Bertz CT molecular complexity index is 1320. The summed E-state index contributed by atoms with van der Waals surface area (Å²) >= 11 is 0. The number of nitrogens with zero attached hydrogens (tertiary/aromatic N) is 1. The zero-order valence-electron chi connectivity index (χ0n) is 20.4. The minimum Gasteiger partial charge on any atom is -0.453 e. The Hall–Kier alpha value is -3.92. The fraction of sp³-hybridized carbons (Fsp3) is 0.385. The van der Waals surface area contributed by atoms with Gasteiger partial charge in [-0.3, -0.25) is 14.4 Å². The third-order valence-electron chi connectivity index (χ3n) is 5.98. The Balaban J connectivity index is 1.63. The lowest BCUT2D eigenvalue weighted by Gasteiger charge is -2.30. The Morgan fingerprint density at radius 3 is 2.53 bits per heavy atom. The second kappa shape index (κ2) is 10.8. The highest BCUT2D eigenvalue weighted by Gasteiger charge is 2.30. The van der Waals surface area contributed by atoms with E-state index in [0.717, 1.165) is 5.39 Å². The van der Waals surface area contributed by atoms with Gasteiger partial charge in [-0.2, -0.15) is 0 Å². The van der Waals surface area contributed by atoms with Gasteiger partial charge in [0.2, 0.25) is 11.8 Å². The summed E-state index contributed by atoms with van der Waals surface area (Å²) in [5, 5.41) is 3.36. The van der Waals surface area contributed by atoms with Crippen LogP contribution < -0.4 is 15.7 Å². The Labute approximate surface area is 207 Å². The summed E-state index contributed by atoms with van der Waals surface area (Å²) in [6.07, 6.45) is -0.0278. The van der Waals surface area contributed by atoms with E-state index in [1.807, 2.05) is 25.1 Å². The van der Waals surface area contributed by atoms with Crippen LogP contribution in [0.5, 0.6) is 5.75 Å². The van der Waals surface area contributed by atoms with Crippen LogP contribution in [0.25, 0.3) is 22.5 Å². The molecular weight excluding hydrogens is 468 g/mol. The largest absolute Gasteiger partial charge is 0.453 e. The van der Waals surface area contributed by atoms with Gasteiger partial charge in [0.1, 0.15) is 17.4 Å². The van der Waals surface area contributed by atoms with Crippen LogP contribution in [-0.4, -0.2) is 55.0 Å². The molecule has 1 aliphatic heterocycles. The zero-order chi connectivity index (χ0) is 25.8. The molecule has 0 aliphatic carbocycles. The Morgan fingerprint density at radius 1 is 1.14 bits per heavy atom. The molecule has 0 bridgehead atoms. The number of nitrogens with one attached hydrogen (secondary N) is 1. The average molecular weight is 497 g/mol. The van der Waals surface area contributed by atoms with Crippen molar-refractivity contribution >= 4 is 28.8 Å². The van der Waals surface area contributed by atoms with Gasteiger partial charge in [-0.15, -0.1) is 0 Å². The molecule has 36 heavy (non-hydrogen) atoms. The number of rotatable bonds is 7. The van der Waals surface area contributed by atoms with Crippen LogP contribution in [0.1, 0.15) is 31.4 Å². The smallest absolute Gasteiger partial charge is 0.343 e. The molecule has 0 saturated carbocycles. The van der Waals surface area contributed by atoms with Gasteiger partial charge in [0.25, 0.3) is 0 Å². The quantitative estimate of drug-likeness (QED) is 0.495. The summed E-state index contributed by atoms with van der Waals surface area (Å²) < 4.78 is 22.3. The summed E-state index contributed by atoms with van der Waals surface area (Å²) in [5.41, 5.74) is 0.551. The predicted octanol–water partition coefficient (Wildman–Crippen LogP) is 2.58. The molecule has 1 aromatic carbocycles. The molecule has 4 rings (SSSR count). The number of esters is 1. The van der Waals surface area contributed by atoms with Crippen LogP contribution in [0.4, 0.5) is 0 Å². The van der Waals surface area contributed by atoms with Gasteiger partial charge >= 0.3 is 11.6 Å². The molecule has 2 aromatic heterocycles. The number of hydrogen-bond donors (Lipinski definition) is 1. The fourth-order valence-corrected chi connectivity index (χ4v) is 4.18. The van der Waals surface area contributed by atoms with E-state index in [2.05, 4.69) is 5.32 Å². The molecule has 1 N–H and O–H groups in total. The van der Waals surface area contributed by atoms with Crippen molar-refractivity contribution in [3.63, 3.8) is 0 Å². The van der Waals surface area contributed by atoms with Gasteiger partial charge in [0.05, 0.1) is 25.2 Å². The molecule has 190 valence electrons. The number of hydrogen-bond acceptors (Lipinski definition) is 8. The first kappa shape index (κ1) is 25.2. The van der Waals surface area contributed by atoms with Crippen molar-refractivity contribution in [3.05, 3.63) is 51.9 Å². The zero-order valence-corrected chi connectivity index (χ0v) is 20.4. The average Bonchev–Trinajstić information content (AvgIpc) is 3.30. The third-order valence-corrected chi connectivity index (χ3v) is 5.98. The highest BCUT2D eigenvalue weighted by Crippen LogP contribution is 2.35. The van der Waals surface area contributed by atoms with E-state index in [1.54, 1.807) is 12.1 Å². The van der Waals surface area contributed by atoms with Gasteiger partial charge in [-0.05, 0) is 25.5 Å². The monoisotopic (exact) mass is 496 g/mol. The standard InChI is InChI=1S/C26H28N2O8/c1-4-18-23(15(2)26(32)36-24(18)21-13-17-7-5-6-8-20(17)34-21)35-22(30)14-19(27-16(3)29)25(31)28-9-11-33-12-10-28/h5-8,13,19H,4,9-12,14H2,1-3H3,(H,27,29). The molecule has 10 heteroatoms. The number of para-hydroxylation sites is 1. The highest BCUT2D eigenvalue weighted by atomic mass is 16.5. The van der Waals surface area contributed by atoms with Crippen LogP contribution in [0.2, 0.25) is 0 Å². The van der Waals surface area contributed by atoms with Gasteiger partial charge in [-0.25, -0.2) is 4.79 Å². The number of furan rings is 1. The second-order valence-electron chi connectivity index (χ2n) is 8.52. The number of carbonyl (C=O) groups is 3. The third kappa shape index (κ3) is 5.33. The van der Waals surface area contributed by atoms with Crippen LogP contribution in [0.3, 0.4) is 0 Å². The lowest BCUT2D eigenvalue weighted by atomic mass is 10.1. The molecule has 3 heterocycles. The van der Waals surface area contributed by atoms with E-state index < -0.39 is 35.9 Å². The normalized spacial score (nSPS) is 14.5. The van der Waals surface area contributed by atoms with Crippen LogP contribution >= 0.6 is 0 Å². The Morgan fingerprint density at radius 2 is 1.86 bits per heavy atom. The topological polar surface area (TPSA) is 128 Å². The molecule has 0 radical (unpaired) electrons. The van der Waals surface area contributed by atoms with Crippen molar-refractivity contribution in [1.82, 2.24) is 10.2 Å². The van der Waals surface area contributed by atoms with Gasteiger partial charge < -0.3 is 28.5 Å². The predicted molar refractivity (Wildman–Crippen MR) is 130 cm³/mol.